The lowest BCUT2D eigenvalue weighted by atomic mass is 10.2. The van der Waals surface area contributed by atoms with Gasteiger partial charge in [0, 0.05) is 6.54 Å². The average molecular weight is 293 g/mol. The van der Waals surface area contributed by atoms with Gasteiger partial charge in [0.25, 0.3) is 5.91 Å². The lowest BCUT2D eigenvalue weighted by molar-refractivity contribution is -0.127. The summed E-state index contributed by atoms with van der Waals surface area (Å²) in [5, 5.41) is 2.82. The van der Waals surface area contributed by atoms with Crippen molar-refractivity contribution < 1.29 is 19.1 Å². The average Bonchev–Trinajstić information content (AvgIpc) is 2.51. The monoisotopic (exact) mass is 293 g/mol. The fourth-order valence-corrected chi connectivity index (χ4v) is 1.87. The molecule has 21 heavy (non-hydrogen) atoms. The highest BCUT2D eigenvalue weighted by atomic mass is 16.5. The standard InChI is InChI=1S/C16H23NO4/c1-4-5-6-10-17-16(19)12(2)21-15-13(11-18)8-7-9-14(15)20-3/h7-9,11-12H,4-6,10H2,1-3H3,(H,17,19). The van der Waals surface area contributed by atoms with Crippen molar-refractivity contribution in [3.05, 3.63) is 23.8 Å². The van der Waals surface area contributed by atoms with E-state index < -0.39 is 6.10 Å². The van der Waals surface area contributed by atoms with E-state index in [1.165, 1.54) is 7.11 Å². The maximum atomic E-state index is 11.9. The molecule has 1 amide bonds. The number of rotatable bonds is 9. The Kier molecular flexibility index (Phi) is 7.29. The summed E-state index contributed by atoms with van der Waals surface area (Å²) in [6.07, 6.45) is 3.12. The van der Waals surface area contributed by atoms with Gasteiger partial charge in [-0.25, -0.2) is 0 Å². The van der Waals surface area contributed by atoms with Gasteiger partial charge in [0.05, 0.1) is 12.7 Å². The van der Waals surface area contributed by atoms with E-state index in [0.29, 0.717) is 29.9 Å². The fourth-order valence-electron chi connectivity index (χ4n) is 1.87. The molecule has 5 nitrogen and oxygen atoms in total. The van der Waals surface area contributed by atoms with E-state index >= 15 is 0 Å². The number of benzene rings is 1. The Labute approximate surface area is 125 Å². The van der Waals surface area contributed by atoms with Crippen LogP contribution in [0.15, 0.2) is 18.2 Å². The van der Waals surface area contributed by atoms with Gasteiger partial charge >= 0.3 is 0 Å². The van der Waals surface area contributed by atoms with E-state index in [0.717, 1.165) is 19.3 Å². The third-order valence-corrected chi connectivity index (χ3v) is 3.10. The van der Waals surface area contributed by atoms with Gasteiger partial charge in [0.15, 0.2) is 23.9 Å². The van der Waals surface area contributed by atoms with Crippen LogP contribution in [0.2, 0.25) is 0 Å². The zero-order valence-electron chi connectivity index (χ0n) is 12.8. The van der Waals surface area contributed by atoms with Crippen molar-refractivity contribution in [2.75, 3.05) is 13.7 Å². The first kappa shape index (κ1) is 17.0. The summed E-state index contributed by atoms with van der Waals surface area (Å²) < 4.78 is 10.8. The number of amides is 1. The molecule has 1 aromatic rings. The third kappa shape index (κ3) is 5.10. The molecule has 116 valence electrons. The van der Waals surface area contributed by atoms with Crippen LogP contribution < -0.4 is 14.8 Å². The van der Waals surface area contributed by atoms with Crippen molar-refractivity contribution in [1.29, 1.82) is 0 Å². The molecule has 1 aromatic carbocycles. The van der Waals surface area contributed by atoms with Crippen molar-refractivity contribution in [2.45, 2.75) is 39.2 Å². The minimum absolute atomic E-state index is 0.200. The lowest BCUT2D eigenvalue weighted by Gasteiger charge is -2.18. The molecule has 0 heterocycles. The van der Waals surface area contributed by atoms with E-state index in [4.69, 9.17) is 9.47 Å². The number of para-hydroxylation sites is 1. The third-order valence-electron chi connectivity index (χ3n) is 3.10. The van der Waals surface area contributed by atoms with Crippen LogP contribution in [0.3, 0.4) is 0 Å². The molecule has 5 heteroatoms. The number of methoxy groups -OCH3 is 1. The molecule has 0 aliphatic heterocycles. The van der Waals surface area contributed by atoms with Gasteiger partial charge < -0.3 is 14.8 Å². The second-order valence-electron chi connectivity index (χ2n) is 4.75. The van der Waals surface area contributed by atoms with Crippen LogP contribution in [0.4, 0.5) is 0 Å². The topological polar surface area (TPSA) is 64.6 Å². The first-order valence-electron chi connectivity index (χ1n) is 7.20. The van der Waals surface area contributed by atoms with Gasteiger partial charge in [-0.15, -0.1) is 0 Å². The van der Waals surface area contributed by atoms with E-state index in [9.17, 15) is 9.59 Å². The zero-order valence-corrected chi connectivity index (χ0v) is 12.8. The second kappa shape index (κ2) is 9.00. The number of unbranched alkanes of at least 4 members (excludes halogenated alkanes) is 2. The molecule has 1 rings (SSSR count). The molecule has 0 radical (unpaired) electrons. The smallest absolute Gasteiger partial charge is 0.260 e. The quantitative estimate of drug-likeness (QED) is 0.561. The Bertz CT molecular complexity index is 473. The summed E-state index contributed by atoms with van der Waals surface area (Å²) in [6, 6.07) is 5.01. The summed E-state index contributed by atoms with van der Waals surface area (Å²) in [7, 11) is 1.49. The van der Waals surface area contributed by atoms with Crippen LogP contribution in [-0.4, -0.2) is 32.0 Å². The summed E-state index contributed by atoms with van der Waals surface area (Å²) >= 11 is 0. The van der Waals surface area contributed by atoms with Gasteiger partial charge in [-0.05, 0) is 25.5 Å². The largest absolute Gasteiger partial charge is 0.493 e. The van der Waals surface area contributed by atoms with E-state index in [2.05, 4.69) is 12.2 Å². The van der Waals surface area contributed by atoms with Crippen molar-refractivity contribution in [3.63, 3.8) is 0 Å². The minimum atomic E-state index is -0.693. The summed E-state index contributed by atoms with van der Waals surface area (Å²) in [6.45, 7) is 4.39. The van der Waals surface area contributed by atoms with Gasteiger partial charge in [0.2, 0.25) is 0 Å². The highest BCUT2D eigenvalue weighted by Crippen LogP contribution is 2.30. The van der Waals surface area contributed by atoms with E-state index in [-0.39, 0.29) is 5.91 Å². The summed E-state index contributed by atoms with van der Waals surface area (Å²) in [5.74, 6) is 0.533. The Morgan fingerprint density at radius 3 is 2.76 bits per heavy atom. The molecule has 0 saturated carbocycles. The first-order valence-corrected chi connectivity index (χ1v) is 7.20. The molecule has 0 aliphatic rings. The predicted molar refractivity (Wildman–Crippen MR) is 81.0 cm³/mol. The van der Waals surface area contributed by atoms with Crippen molar-refractivity contribution in [1.82, 2.24) is 5.32 Å². The number of hydrogen-bond acceptors (Lipinski definition) is 4. The maximum absolute atomic E-state index is 11.9. The molecule has 0 aromatic heterocycles. The SMILES string of the molecule is CCCCCNC(=O)C(C)Oc1c(C=O)cccc1OC. The van der Waals surface area contributed by atoms with Crippen molar-refractivity contribution >= 4 is 12.2 Å². The summed E-state index contributed by atoms with van der Waals surface area (Å²) in [5.41, 5.74) is 0.361. The summed E-state index contributed by atoms with van der Waals surface area (Å²) in [4.78, 5) is 23.0. The molecular formula is C16H23NO4. The Morgan fingerprint density at radius 2 is 2.14 bits per heavy atom. The molecule has 0 saturated heterocycles. The molecule has 1 atom stereocenters. The Balaban J connectivity index is 2.67. The Hall–Kier alpha value is -2.04. The van der Waals surface area contributed by atoms with Crippen LogP contribution in [-0.2, 0) is 4.79 Å². The highest BCUT2D eigenvalue weighted by Gasteiger charge is 2.18. The lowest BCUT2D eigenvalue weighted by Crippen LogP contribution is -2.37. The van der Waals surface area contributed by atoms with Crippen LogP contribution in [0.1, 0.15) is 43.5 Å². The molecule has 0 aliphatic carbocycles. The normalized spacial score (nSPS) is 11.6. The predicted octanol–water partition coefficient (Wildman–Crippen LogP) is 2.58. The van der Waals surface area contributed by atoms with Crippen LogP contribution in [0.5, 0.6) is 11.5 Å². The number of ether oxygens (including phenoxy) is 2. The van der Waals surface area contributed by atoms with E-state index in [1.807, 2.05) is 0 Å². The highest BCUT2D eigenvalue weighted by molar-refractivity contribution is 5.83. The fraction of sp³-hybridized carbons (Fsp3) is 0.500. The molecule has 0 spiro atoms. The number of aldehydes is 1. The van der Waals surface area contributed by atoms with Crippen LogP contribution in [0, 0.1) is 0 Å². The second-order valence-corrected chi connectivity index (χ2v) is 4.75. The number of hydrogen-bond donors (Lipinski definition) is 1. The molecule has 1 N–H and O–H groups in total. The van der Waals surface area contributed by atoms with Crippen molar-refractivity contribution in [2.24, 2.45) is 0 Å². The molecule has 0 bridgehead atoms. The zero-order chi connectivity index (χ0) is 15.7. The van der Waals surface area contributed by atoms with Crippen molar-refractivity contribution in [3.8, 4) is 11.5 Å². The molecule has 1 unspecified atom stereocenters. The van der Waals surface area contributed by atoms with Gasteiger partial charge in [-0.2, -0.15) is 0 Å². The van der Waals surface area contributed by atoms with E-state index in [1.54, 1.807) is 25.1 Å². The first-order chi connectivity index (χ1) is 10.1. The van der Waals surface area contributed by atoms with Gasteiger partial charge in [0.1, 0.15) is 0 Å². The number of nitrogens with one attached hydrogen (secondary N) is 1. The molecular weight excluding hydrogens is 270 g/mol. The maximum Gasteiger partial charge on any atom is 0.260 e. The van der Waals surface area contributed by atoms with Gasteiger partial charge in [-0.3, -0.25) is 9.59 Å². The van der Waals surface area contributed by atoms with Crippen LogP contribution >= 0.6 is 0 Å². The number of carbonyl (C=O) groups excluding carboxylic acids is 2. The molecule has 0 fully saturated rings. The minimum Gasteiger partial charge on any atom is -0.493 e. The Morgan fingerprint density at radius 1 is 1.38 bits per heavy atom. The van der Waals surface area contributed by atoms with Gasteiger partial charge in [-0.1, -0.05) is 25.8 Å². The van der Waals surface area contributed by atoms with Crippen LogP contribution in [0.25, 0.3) is 0 Å². The number of carbonyl (C=O) groups is 2.